The first-order chi connectivity index (χ1) is 15.8. The van der Waals surface area contributed by atoms with Crippen molar-refractivity contribution in [3.63, 3.8) is 0 Å². The molecule has 3 heterocycles. The highest BCUT2D eigenvalue weighted by Gasteiger charge is 2.27. The van der Waals surface area contributed by atoms with E-state index in [0.29, 0.717) is 18.4 Å². The van der Waals surface area contributed by atoms with Gasteiger partial charge in [-0.1, -0.05) is 20.8 Å². The third kappa shape index (κ3) is 4.33. The predicted octanol–water partition coefficient (Wildman–Crippen LogP) is 3.91. The summed E-state index contributed by atoms with van der Waals surface area (Å²) in [6.07, 6.45) is 8.97. The minimum atomic E-state index is -0.271. The number of hydrogen-bond acceptors (Lipinski definition) is 4. The number of amides is 1. The van der Waals surface area contributed by atoms with Gasteiger partial charge in [-0.3, -0.25) is 9.59 Å². The van der Waals surface area contributed by atoms with Gasteiger partial charge in [0.2, 0.25) is 0 Å². The van der Waals surface area contributed by atoms with Crippen LogP contribution in [0.25, 0.3) is 5.65 Å². The third-order valence-corrected chi connectivity index (χ3v) is 7.30. The highest BCUT2D eigenvalue weighted by atomic mass is 16.2. The number of aryl methyl sites for hydroxylation is 2. The number of nitrogens with zero attached hydrogens (tertiary/aromatic N) is 3. The molecule has 0 atom stereocenters. The first-order valence-electron chi connectivity index (χ1n) is 12.2. The van der Waals surface area contributed by atoms with Gasteiger partial charge in [0, 0.05) is 41.5 Å². The summed E-state index contributed by atoms with van der Waals surface area (Å²) in [5, 5.41) is 7.89. The molecule has 3 aromatic heterocycles. The summed E-state index contributed by atoms with van der Waals surface area (Å²) in [5.74, 6) is 0.615. The summed E-state index contributed by atoms with van der Waals surface area (Å²) < 4.78 is 2.02. The van der Waals surface area contributed by atoms with Gasteiger partial charge < -0.3 is 10.3 Å². The molecule has 0 bridgehead atoms. The molecule has 2 N–H and O–H groups in total. The van der Waals surface area contributed by atoms with Crippen LogP contribution >= 0.6 is 0 Å². The molecule has 5 rings (SSSR count). The molecular weight excluding hydrogens is 414 g/mol. The van der Waals surface area contributed by atoms with Crippen molar-refractivity contribution in [3.05, 3.63) is 63.0 Å². The molecule has 0 aliphatic heterocycles. The standard InChI is InChI=1S/C26H33N5O2/c1-26(2,3)22-14-23-27-12-11-21(31(23)30-22)17-9-7-16(8-10-17)15-28-24(32)19-13-18-5-4-6-20(18)29-25(19)33/h11-14,16-17H,4-10,15H2,1-3H3,(H,28,32)(H,29,33). The lowest BCUT2D eigenvalue weighted by atomic mass is 9.80. The van der Waals surface area contributed by atoms with Crippen LogP contribution in [-0.4, -0.2) is 32.0 Å². The van der Waals surface area contributed by atoms with E-state index in [9.17, 15) is 9.59 Å². The SMILES string of the molecule is CC(C)(C)c1cc2nccc(C3CCC(CNC(=O)c4cc5c([nH]c4=O)CCC5)CC3)n2n1. The highest BCUT2D eigenvalue weighted by Crippen LogP contribution is 2.36. The fraction of sp³-hybridized carbons (Fsp3) is 0.538. The Labute approximate surface area is 194 Å². The van der Waals surface area contributed by atoms with Crippen molar-refractivity contribution in [1.82, 2.24) is 24.9 Å². The molecule has 1 saturated carbocycles. The Morgan fingerprint density at radius 2 is 1.97 bits per heavy atom. The average molecular weight is 448 g/mol. The Morgan fingerprint density at radius 1 is 1.18 bits per heavy atom. The summed E-state index contributed by atoms with van der Waals surface area (Å²) >= 11 is 0. The number of carbonyl (C=O) groups excluding carboxylic acids is 1. The van der Waals surface area contributed by atoms with E-state index < -0.39 is 0 Å². The van der Waals surface area contributed by atoms with Crippen LogP contribution in [0.15, 0.2) is 29.2 Å². The van der Waals surface area contributed by atoms with Crippen molar-refractivity contribution in [3.8, 4) is 0 Å². The van der Waals surface area contributed by atoms with Crippen LogP contribution in [0, 0.1) is 5.92 Å². The largest absolute Gasteiger partial charge is 0.352 e. The van der Waals surface area contributed by atoms with E-state index in [1.54, 1.807) is 6.07 Å². The molecule has 174 valence electrons. The molecule has 0 radical (unpaired) electrons. The van der Waals surface area contributed by atoms with E-state index in [-0.39, 0.29) is 22.4 Å². The number of aromatic amines is 1. The second kappa shape index (κ2) is 8.43. The second-order valence-electron chi connectivity index (χ2n) is 10.7. The van der Waals surface area contributed by atoms with Gasteiger partial charge in [0.05, 0.1) is 5.69 Å². The molecule has 0 unspecified atom stereocenters. The summed E-state index contributed by atoms with van der Waals surface area (Å²) in [6.45, 7) is 7.13. The van der Waals surface area contributed by atoms with E-state index in [2.05, 4.69) is 48.2 Å². The fourth-order valence-electron chi connectivity index (χ4n) is 5.27. The van der Waals surface area contributed by atoms with Crippen LogP contribution in [0.5, 0.6) is 0 Å². The molecule has 0 aromatic carbocycles. The molecule has 3 aromatic rings. The van der Waals surface area contributed by atoms with Crippen LogP contribution in [0.2, 0.25) is 0 Å². The van der Waals surface area contributed by atoms with Crippen LogP contribution in [0.1, 0.15) is 91.8 Å². The molecule has 0 spiro atoms. The van der Waals surface area contributed by atoms with Gasteiger partial charge in [0.1, 0.15) is 5.56 Å². The lowest BCUT2D eigenvalue weighted by Crippen LogP contribution is -2.34. The Morgan fingerprint density at radius 3 is 2.73 bits per heavy atom. The zero-order valence-electron chi connectivity index (χ0n) is 19.8. The van der Waals surface area contributed by atoms with Crippen molar-refractivity contribution < 1.29 is 4.79 Å². The number of nitrogens with one attached hydrogen (secondary N) is 2. The number of H-pyrrole nitrogens is 1. The summed E-state index contributed by atoms with van der Waals surface area (Å²) in [7, 11) is 0. The van der Waals surface area contributed by atoms with E-state index in [1.807, 2.05) is 10.7 Å². The number of fused-ring (bicyclic) bond motifs is 2. The smallest absolute Gasteiger partial charge is 0.261 e. The maximum atomic E-state index is 12.7. The number of hydrogen-bond donors (Lipinski definition) is 2. The highest BCUT2D eigenvalue weighted by molar-refractivity contribution is 5.94. The van der Waals surface area contributed by atoms with Crippen LogP contribution in [0.4, 0.5) is 0 Å². The predicted molar refractivity (Wildman–Crippen MR) is 128 cm³/mol. The minimum Gasteiger partial charge on any atom is -0.352 e. The van der Waals surface area contributed by atoms with Gasteiger partial charge >= 0.3 is 0 Å². The molecule has 0 saturated heterocycles. The van der Waals surface area contributed by atoms with Crippen LogP contribution in [-0.2, 0) is 18.3 Å². The first kappa shape index (κ1) is 21.9. The van der Waals surface area contributed by atoms with Crippen molar-refractivity contribution in [2.75, 3.05) is 6.54 Å². The van der Waals surface area contributed by atoms with E-state index in [0.717, 1.165) is 67.5 Å². The fourth-order valence-corrected chi connectivity index (χ4v) is 5.27. The molecule has 2 aliphatic rings. The number of carbonyl (C=O) groups is 1. The first-order valence-corrected chi connectivity index (χ1v) is 12.2. The summed E-state index contributed by atoms with van der Waals surface area (Å²) in [6, 6.07) is 5.97. The van der Waals surface area contributed by atoms with E-state index in [1.165, 1.54) is 5.69 Å². The van der Waals surface area contributed by atoms with Gasteiger partial charge in [0.15, 0.2) is 5.65 Å². The van der Waals surface area contributed by atoms with Crippen molar-refractivity contribution in [2.24, 2.45) is 5.92 Å². The Balaban J connectivity index is 1.21. The Hall–Kier alpha value is -2.96. The number of aromatic nitrogens is 4. The second-order valence-corrected chi connectivity index (χ2v) is 10.7. The third-order valence-electron chi connectivity index (χ3n) is 7.30. The van der Waals surface area contributed by atoms with Crippen LogP contribution < -0.4 is 10.9 Å². The van der Waals surface area contributed by atoms with Gasteiger partial charge in [-0.15, -0.1) is 0 Å². The van der Waals surface area contributed by atoms with Crippen molar-refractivity contribution in [2.45, 2.75) is 77.0 Å². The van der Waals surface area contributed by atoms with E-state index in [4.69, 9.17) is 5.10 Å². The van der Waals surface area contributed by atoms with Gasteiger partial charge in [0.25, 0.3) is 11.5 Å². The van der Waals surface area contributed by atoms with Crippen molar-refractivity contribution >= 4 is 11.6 Å². The monoisotopic (exact) mass is 447 g/mol. The lowest BCUT2D eigenvalue weighted by Gasteiger charge is -2.29. The Bertz CT molecular complexity index is 1240. The van der Waals surface area contributed by atoms with Crippen LogP contribution in [0.3, 0.4) is 0 Å². The molecular formula is C26H33N5O2. The minimum absolute atomic E-state index is 0.0125. The molecule has 33 heavy (non-hydrogen) atoms. The lowest BCUT2D eigenvalue weighted by molar-refractivity contribution is 0.0941. The topological polar surface area (TPSA) is 92.1 Å². The van der Waals surface area contributed by atoms with Gasteiger partial charge in [-0.2, -0.15) is 5.10 Å². The molecule has 1 fully saturated rings. The van der Waals surface area contributed by atoms with Gasteiger partial charge in [-0.05, 0) is 68.6 Å². The maximum absolute atomic E-state index is 12.7. The normalized spacial score (nSPS) is 20.7. The summed E-state index contributed by atoms with van der Waals surface area (Å²) in [5.41, 5.74) is 5.25. The molecule has 1 amide bonds. The number of pyridine rings is 1. The zero-order chi connectivity index (χ0) is 23.2. The van der Waals surface area contributed by atoms with Crippen molar-refractivity contribution in [1.29, 1.82) is 0 Å². The maximum Gasteiger partial charge on any atom is 0.261 e. The molecule has 7 nitrogen and oxygen atoms in total. The summed E-state index contributed by atoms with van der Waals surface area (Å²) in [4.78, 5) is 32.4. The molecule has 7 heteroatoms. The molecule has 2 aliphatic carbocycles. The Kier molecular flexibility index (Phi) is 5.59. The number of rotatable bonds is 4. The quantitative estimate of drug-likeness (QED) is 0.634. The van der Waals surface area contributed by atoms with E-state index >= 15 is 0 Å². The average Bonchev–Trinajstić information content (AvgIpc) is 3.43. The van der Waals surface area contributed by atoms with Gasteiger partial charge in [-0.25, -0.2) is 9.50 Å². The zero-order valence-corrected chi connectivity index (χ0v) is 19.8.